The van der Waals surface area contributed by atoms with Gasteiger partial charge in [0.05, 0.1) is 6.54 Å². The smallest absolute Gasteiger partial charge is 0.253 e. The lowest BCUT2D eigenvalue weighted by atomic mass is 10.3. The number of nitrogens with one attached hydrogen (secondary N) is 2. The molecule has 4 N–H and O–H groups in total. The Labute approximate surface area is 104 Å². The van der Waals surface area contributed by atoms with Crippen molar-refractivity contribution in [3.05, 3.63) is 26.2 Å². The molecule has 76 valence electrons. The summed E-state index contributed by atoms with van der Waals surface area (Å²) in [6.07, 6.45) is 0. The topological polar surface area (TPSA) is 67.1 Å². The van der Waals surface area contributed by atoms with E-state index in [0.29, 0.717) is 0 Å². The van der Waals surface area contributed by atoms with Crippen LogP contribution in [0.15, 0.2) is 22.7 Å². The zero-order chi connectivity index (χ0) is 10.6. The minimum atomic E-state index is -0.254. The molecule has 1 amide bonds. The Kier molecular flexibility index (Phi) is 4.63. The first-order valence-electron chi connectivity index (χ1n) is 3.82. The fourth-order valence-corrected chi connectivity index (χ4v) is 2.30. The van der Waals surface area contributed by atoms with Crippen molar-refractivity contribution in [2.75, 3.05) is 11.9 Å². The van der Waals surface area contributed by atoms with Crippen LogP contribution in [0.25, 0.3) is 0 Å². The molecule has 0 spiro atoms. The Balaban J connectivity index is 2.63. The molecule has 0 saturated heterocycles. The number of anilines is 1. The molecule has 0 atom stereocenters. The third kappa shape index (κ3) is 3.43. The normalized spacial score (nSPS) is 9.64. The summed E-state index contributed by atoms with van der Waals surface area (Å²) in [5.74, 6) is 4.69. The second kappa shape index (κ2) is 5.52. The van der Waals surface area contributed by atoms with Crippen molar-refractivity contribution in [1.29, 1.82) is 0 Å². The molecule has 0 radical (unpaired) electrons. The number of nitrogens with two attached hydrogens (primary N) is 1. The largest absolute Gasteiger partial charge is 0.375 e. The lowest BCUT2D eigenvalue weighted by molar-refractivity contribution is -0.119. The Morgan fingerprint density at radius 1 is 1.57 bits per heavy atom. The first kappa shape index (κ1) is 11.7. The van der Waals surface area contributed by atoms with Gasteiger partial charge in [-0.25, -0.2) is 5.84 Å². The fourth-order valence-electron chi connectivity index (χ4n) is 0.859. The quantitative estimate of drug-likeness (QED) is 0.327. The SMILES string of the molecule is NNC(=O)CNc1ccc(I)cc1Br. The van der Waals surface area contributed by atoms with Crippen molar-refractivity contribution in [3.8, 4) is 0 Å². The molecule has 0 unspecified atom stereocenters. The molecule has 0 aliphatic heterocycles. The van der Waals surface area contributed by atoms with Gasteiger partial charge in [0.2, 0.25) is 0 Å². The molecule has 0 aromatic heterocycles. The number of hydrazine groups is 1. The third-order valence-corrected chi connectivity index (χ3v) is 2.86. The second-order valence-electron chi connectivity index (χ2n) is 2.55. The van der Waals surface area contributed by atoms with Crippen LogP contribution in [0.4, 0.5) is 5.69 Å². The van der Waals surface area contributed by atoms with E-state index in [1.54, 1.807) is 0 Å². The molecule has 0 saturated carbocycles. The maximum Gasteiger partial charge on any atom is 0.253 e. The van der Waals surface area contributed by atoms with Crippen LogP contribution in [0.2, 0.25) is 0 Å². The van der Waals surface area contributed by atoms with Gasteiger partial charge in [-0.15, -0.1) is 0 Å². The molecule has 0 bridgehead atoms. The van der Waals surface area contributed by atoms with E-state index in [1.165, 1.54) is 0 Å². The summed E-state index contributed by atoms with van der Waals surface area (Å²) in [6.45, 7) is 0.162. The molecule has 1 aromatic carbocycles. The number of halogens is 2. The highest BCUT2D eigenvalue weighted by Crippen LogP contribution is 2.23. The maximum atomic E-state index is 10.8. The number of amides is 1. The number of rotatable bonds is 3. The standard InChI is InChI=1S/C8H9BrIN3O/c9-6-3-5(10)1-2-7(6)12-4-8(14)13-11/h1-3,12H,4,11H2,(H,13,14). The van der Waals surface area contributed by atoms with Gasteiger partial charge in [-0.1, -0.05) is 0 Å². The van der Waals surface area contributed by atoms with E-state index in [-0.39, 0.29) is 12.5 Å². The first-order chi connectivity index (χ1) is 6.63. The van der Waals surface area contributed by atoms with E-state index in [0.717, 1.165) is 13.7 Å². The predicted molar refractivity (Wildman–Crippen MR) is 67.7 cm³/mol. The van der Waals surface area contributed by atoms with E-state index in [2.05, 4.69) is 43.8 Å². The molecule has 0 aliphatic carbocycles. The monoisotopic (exact) mass is 369 g/mol. The predicted octanol–water partition coefficient (Wildman–Crippen LogP) is 1.46. The van der Waals surface area contributed by atoms with Crippen LogP contribution in [-0.4, -0.2) is 12.5 Å². The van der Waals surface area contributed by atoms with Gasteiger partial charge in [-0.3, -0.25) is 10.2 Å². The van der Waals surface area contributed by atoms with Crippen LogP contribution in [0.5, 0.6) is 0 Å². The molecule has 1 rings (SSSR count). The van der Waals surface area contributed by atoms with Crippen LogP contribution in [0.1, 0.15) is 0 Å². The number of carbonyl (C=O) groups excluding carboxylic acids is 1. The average molecular weight is 370 g/mol. The minimum absolute atomic E-state index is 0.162. The second-order valence-corrected chi connectivity index (χ2v) is 4.65. The molecule has 4 nitrogen and oxygen atoms in total. The van der Waals surface area contributed by atoms with Gasteiger partial charge >= 0.3 is 0 Å². The molecular formula is C8H9BrIN3O. The molecule has 6 heteroatoms. The van der Waals surface area contributed by atoms with Crippen molar-refractivity contribution in [3.63, 3.8) is 0 Å². The molecule has 14 heavy (non-hydrogen) atoms. The Hall–Kier alpha value is -0.340. The Morgan fingerprint density at radius 3 is 2.86 bits per heavy atom. The zero-order valence-electron chi connectivity index (χ0n) is 7.18. The van der Waals surface area contributed by atoms with Crippen LogP contribution in [-0.2, 0) is 4.79 Å². The number of carbonyl (C=O) groups is 1. The summed E-state index contributed by atoms with van der Waals surface area (Å²) < 4.78 is 2.05. The molecule has 0 fully saturated rings. The number of benzene rings is 1. The van der Waals surface area contributed by atoms with Gasteiger partial charge in [0, 0.05) is 13.7 Å². The highest BCUT2D eigenvalue weighted by atomic mass is 127. The van der Waals surface area contributed by atoms with Gasteiger partial charge in [-0.2, -0.15) is 0 Å². The summed E-state index contributed by atoms with van der Waals surface area (Å²) in [7, 11) is 0. The van der Waals surface area contributed by atoms with Crippen molar-refractivity contribution >= 4 is 50.1 Å². The highest BCUT2D eigenvalue weighted by Gasteiger charge is 2.02. The van der Waals surface area contributed by atoms with Crippen LogP contribution < -0.4 is 16.6 Å². The van der Waals surface area contributed by atoms with E-state index >= 15 is 0 Å². The van der Waals surface area contributed by atoms with Crippen molar-refractivity contribution < 1.29 is 4.79 Å². The van der Waals surface area contributed by atoms with Crippen LogP contribution in [0, 0.1) is 3.57 Å². The summed E-state index contributed by atoms with van der Waals surface area (Å²) in [6, 6.07) is 5.81. The number of hydrogen-bond acceptors (Lipinski definition) is 3. The van der Waals surface area contributed by atoms with E-state index in [4.69, 9.17) is 5.84 Å². The first-order valence-corrected chi connectivity index (χ1v) is 5.69. The van der Waals surface area contributed by atoms with Crippen molar-refractivity contribution in [2.45, 2.75) is 0 Å². The summed E-state index contributed by atoms with van der Waals surface area (Å²) in [4.78, 5) is 10.8. The van der Waals surface area contributed by atoms with E-state index in [1.807, 2.05) is 23.6 Å². The lowest BCUT2D eigenvalue weighted by Crippen LogP contribution is -2.35. The lowest BCUT2D eigenvalue weighted by Gasteiger charge is -2.07. The van der Waals surface area contributed by atoms with Crippen molar-refractivity contribution in [2.24, 2.45) is 5.84 Å². The zero-order valence-corrected chi connectivity index (χ0v) is 10.9. The highest BCUT2D eigenvalue weighted by molar-refractivity contribution is 14.1. The average Bonchev–Trinajstić information content (AvgIpc) is 2.16. The van der Waals surface area contributed by atoms with Crippen LogP contribution in [0.3, 0.4) is 0 Å². The van der Waals surface area contributed by atoms with Gasteiger partial charge in [0.1, 0.15) is 0 Å². The van der Waals surface area contributed by atoms with E-state index in [9.17, 15) is 4.79 Å². The van der Waals surface area contributed by atoms with Crippen LogP contribution >= 0.6 is 38.5 Å². The Morgan fingerprint density at radius 2 is 2.29 bits per heavy atom. The molecule has 0 heterocycles. The third-order valence-electron chi connectivity index (χ3n) is 1.53. The van der Waals surface area contributed by atoms with Gasteiger partial charge in [0.15, 0.2) is 0 Å². The maximum absolute atomic E-state index is 10.8. The molecule has 0 aliphatic rings. The molecular weight excluding hydrogens is 361 g/mol. The Bertz CT molecular complexity index is 345. The fraction of sp³-hybridized carbons (Fsp3) is 0.125. The van der Waals surface area contributed by atoms with E-state index < -0.39 is 0 Å². The van der Waals surface area contributed by atoms with Gasteiger partial charge in [-0.05, 0) is 56.7 Å². The summed E-state index contributed by atoms with van der Waals surface area (Å²) >= 11 is 5.60. The van der Waals surface area contributed by atoms with Crippen molar-refractivity contribution in [1.82, 2.24) is 5.43 Å². The van der Waals surface area contributed by atoms with Gasteiger partial charge in [0.25, 0.3) is 5.91 Å². The summed E-state index contributed by atoms with van der Waals surface area (Å²) in [5.41, 5.74) is 2.92. The summed E-state index contributed by atoms with van der Waals surface area (Å²) in [5, 5.41) is 2.95. The van der Waals surface area contributed by atoms with Gasteiger partial charge < -0.3 is 5.32 Å². The minimum Gasteiger partial charge on any atom is -0.375 e. The number of hydrogen-bond donors (Lipinski definition) is 3. The molecule has 1 aromatic rings.